The SMILES string of the molecule is CC(C)C[C@H]1C(=O)N([C@@H](CC(C)C)C(=O)N2CCC3(CC2)OCC(CN2CC(C)CC(C)C2)CO3)CCN1C. The molecule has 0 aliphatic carbocycles. The molecule has 39 heavy (non-hydrogen) atoms. The van der Waals surface area contributed by atoms with E-state index in [0.29, 0.717) is 56.7 Å². The van der Waals surface area contributed by atoms with Crippen LogP contribution in [0.25, 0.3) is 0 Å². The maximum atomic E-state index is 13.9. The Morgan fingerprint density at radius 2 is 1.56 bits per heavy atom. The summed E-state index contributed by atoms with van der Waals surface area (Å²) in [5.74, 6) is 2.34. The van der Waals surface area contributed by atoms with Crippen molar-refractivity contribution in [2.45, 2.75) is 91.5 Å². The number of likely N-dealkylation sites (tertiary alicyclic amines) is 2. The van der Waals surface area contributed by atoms with Crippen molar-refractivity contribution in [1.29, 1.82) is 0 Å². The molecule has 4 fully saturated rings. The van der Waals surface area contributed by atoms with E-state index in [0.717, 1.165) is 44.6 Å². The number of rotatable bonds is 8. The predicted molar refractivity (Wildman–Crippen MR) is 154 cm³/mol. The van der Waals surface area contributed by atoms with Crippen molar-refractivity contribution in [3.63, 3.8) is 0 Å². The van der Waals surface area contributed by atoms with Crippen LogP contribution in [0.15, 0.2) is 0 Å². The average molecular weight is 549 g/mol. The molecule has 0 saturated carbocycles. The van der Waals surface area contributed by atoms with Crippen molar-refractivity contribution in [1.82, 2.24) is 19.6 Å². The molecule has 0 bridgehead atoms. The van der Waals surface area contributed by atoms with Crippen molar-refractivity contribution < 1.29 is 19.1 Å². The third-order valence-electron chi connectivity index (χ3n) is 9.31. The number of carbonyl (C=O) groups is 2. The molecule has 4 saturated heterocycles. The van der Waals surface area contributed by atoms with Gasteiger partial charge in [-0.25, -0.2) is 0 Å². The molecule has 8 heteroatoms. The minimum absolute atomic E-state index is 0.0989. The summed E-state index contributed by atoms with van der Waals surface area (Å²) in [6.45, 7) is 20.8. The van der Waals surface area contributed by atoms with E-state index in [1.807, 2.05) is 16.8 Å². The fourth-order valence-electron chi connectivity index (χ4n) is 7.36. The summed E-state index contributed by atoms with van der Waals surface area (Å²) in [7, 11) is 2.04. The van der Waals surface area contributed by atoms with Crippen molar-refractivity contribution in [2.24, 2.45) is 29.6 Å². The van der Waals surface area contributed by atoms with E-state index in [-0.39, 0.29) is 23.9 Å². The number of ether oxygens (including phenoxy) is 2. The number of carbonyl (C=O) groups excluding carboxylic acids is 2. The normalized spacial score (nSPS) is 30.5. The Hall–Kier alpha value is -1.22. The number of amides is 2. The van der Waals surface area contributed by atoms with Crippen molar-refractivity contribution in [2.75, 3.05) is 66.1 Å². The number of piperidine rings is 2. The molecule has 0 aromatic rings. The van der Waals surface area contributed by atoms with Crippen LogP contribution >= 0.6 is 0 Å². The molecule has 4 atom stereocenters. The lowest BCUT2D eigenvalue weighted by molar-refractivity contribution is -0.299. The lowest BCUT2D eigenvalue weighted by Gasteiger charge is -2.48. The third-order valence-corrected chi connectivity index (χ3v) is 9.31. The summed E-state index contributed by atoms with van der Waals surface area (Å²) >= 11 is 0. The Balaban J connectivity index is 1.32. The van der Waals surface area contributed by atoms with Gasteiger partial charge in [0.15, 0.2) is 5.79 Å². The monoisotopic (exact) mass is 548 g/mol. The Labute approximate surface area is 237 Å². The highest BCUT2D eigenvalue weighted by Crippen LogP contribution is 2.34. The molecule has 2 unspecified atom stereocenters. The van der Waals surface area contributed by atoms with Crippen LogP contribution in [-0.2, 0) is 19.1 Å². The molecule has 224 valence electrons. The van der Waals surface area contributed by atoms with Crippen molar-refractivity contribution in [3.05, 3.63) is 0 Å². The zero-order valence-electron chi connectivity index (χ0n) is 25.9. The van der Waals surface area contributed by atoms with Crippen molar-refractivity contribution >= 4 is 11.8 Å². The van der Waals surface area contributed by atoms with Gasteiger partial charge in [-0.2, -0.15) is 0 Å². The predicted octanol–water partition coefficient (Wildman–Crippen LogP) is 3.55. The first-order valence-corrected chi connectivity index (χ1v) is 15.8. The second-order valence-corrected chi connectivity index (χ2v) is 14.2. The van der Waals surface area contributed by atoms with Crippen LogP contribution in [0.1, 0.15) is 73.6 Å². The molecular weight excluding hydrogens is 492 g/mol. The zero-order chi connectivity index (χ0) is 28.3. The number of piperazine rings is 1. The van der Waals surface area contributed by atoms with Gasteiger partial charge in [-0.05, 0) is 50.0 Å². The van der Waals surface area contributed by atoms with Gasteiger partial charge in [0.05, 0.1) is 19.3 Å². The smallest absolute Gasteiger partial charge is 0.245 e. The fourth-order valence-corrected chi connectivity index (χ4v) is 7.36. The molecule has 4 heterocycles. The molecule has 0 radical (unpaired) electrons. The van der Waals surface area contributed by atoms with Gasteiger partial charge >= 0.3 is 0 Å². The number of likely N-dealkylation sites (N-methyl/N-ethyl adjacent to an activating group) is 1. The second-order valence-electron chi connectivity index (χ2n) is 14.2. The fraction of sp³-hybridized carbons (Fsp3) is 0.935. The summed E-state index contributed by atoms with van der Waals surface area (Å²) in [4.78, 5) is 36.2. The molecule has 4 aliphatic heterocycles. The summed E-state index contributed by atoms with van der Waals surface area (Å²) in [5, 5.41) is 0. The van der Waals surface area contributed by atoms with E-state index < -0.39 is 5.79 Å². The highest BCUT2D eigenvalue weighted by Gasteiger charge is 2.45. The highest BCUT2D eigenvalue weighted by atomic mass is 16.7. The first kappa shape index (κ1) is 30.7. The number of hydrogen-bond donors (Lipinski definition) is 0. The van der Waals surface area contributed by atoms with Gasteiger partial charge in [-0.1, -0.05) is 41.5 Å². The molecule has 0 aromatic heterocycles. The average Bonchev–Trinajstić information content (AvgIpc) is 2.86. The molecule has 8 nitrogen and oxygen atoms in total. The lowest BCUT2D eigenvalue weighted by atomic mass is 9.91. The summed E-state index contributed by atoms with van der Waals surface area (Å²) < 4.78 is 12.8. The minimum atomic E-state index is -0.560. The second kappa shape index (κ2) is 13.2. The van der Waals surface area contributed by atoms with Gasteiger partial charge in [-0.15, -0.1) is 0 Å². The molecule has 1 spiro atoms. The minimum Gasteiger partial charge on any atom is -0.349 e. The van der Waals surface area contributed by atoms with Gasteiger partial charge < -0.3 is 24.2 Å². The number of nitrogens with zero attached hydrogens (tertiary/aromatic N) is 4. The Morgan fingerprint density at radius 3 is 2.13 bits per heavy atom. The van der Waals surface area contributed by atoms with Crippen LogP contribution < -0.4 is 0 Å². The molecule has 0 aromatic carbocycles. The zero-order valence-corrected chi connectivity index (χ0v) is 25.9. The van der Waals surface area contributed by atoms with Crippen LogP contribution in [-0.4, -0.2) is 115 Å². The lowest BCUT2D eigenvalue weighted by Crippen LogP contribution is -2.63. The Morgan fingerprint density at radius 1 is 0.949 bits per heavy atom. The van der Waals surface area contributed by atoms with Gasteiger partial charge in [0.2, 0.25) is 11.8 Å². The van der Waals surface area contributed by atoms with Gasteiger partial charge in [-0.3, -0.25) is 14.5 Å². The third kappa shape index (κ3) is 7.75. The van der Waals surface area contributed by atoms with Gasteiger partial charge in [0, 0.05) is 64.6 Å². The van der Waals surface area contributed by atoms with E-state index in [9.17, 15) is 9.59 Å². The van der Waals surface area contributed by atoms with E-state index in [1.165, 1.54) is 19.5 Å². The van der Waals surface area contributed by atoms with Crippen LogP contribution in [0.3, 0.4) is 0 Å². The van der Waals surface area contributed by atoms with E-state index in [4.69, 9.17) is 9.47 Å². The largest absolute Gasteiger partial charge is 0.349 e. The van der Waals surface area contributed by atoms with E-state index in [2.05, 4.69) is 51.3 Å². The van der Waals surface area contributed by atoms with Crippen molar-refractivity contribution in [3.8, 4) is 0 Å². The Bertz CT molecular complexity index is 807. The number of hydrogen-bond acceptors (Lipinski definition) is 6. The van der Waals surface area contributed by atoms with E-state index in [1.54, 1.807) is 0 Å². The maximum absolute atomic E-state index is 13.9. The van der Waals surface area contributed by atoms with Crippen LogP contribution in [0.4, 0.5) is 0 Å². The maximum Gasteiger partial charge on any atom is 0.245 e. The first-order valence-electron chi connectivity index (χ1n) is 15.8. The van der Waals surface area contributed by atoms with Gasteiger partial charge in [0.25, 0.3) is 0 Å². The quantitative estimate of drug-likeness (QED) is 0.462. The van der Waals surface area contributed by atoms with Crippen LogP contribution in [0.2, 0.25) is 0 Å². The topological polar surface area (TPSA) is 65.6 Å². The molecule has 0 N–H and O–H groups in total. The summed E-state index contributed by atoms with van der Waals surface area (Å²) in [6.07, 6.45) is 4.25. The van der Waals surface area contributed by atoms with E-state index >= 15 is 0 Å². The van der Waals surface area contributed by atoms with Crippen LogP contribution in [0, 0.1) is 29.6 Å². The van der Waals surface area contributed by atoms with Gasteiger partial charge in [0.1, 0.15) is 6.04 Å². The molecule has 2 amide bonds. The molecule has 4 rings (SSSR count). The molecule has 4 aliphatic rings. The summed E-state index contributed by atoms with van der Waals surface area (Å²) in [5.41, 5.74) is 0. The Kier molecular flexibility index (Phi) is 10.4. The standard InChI is InChI=1S/C31H56N4O4/c1-22(2)14-27-30(37)35(13-12-32(27)7)28(15-23(3)4)29(36)34-10-8-31(9-11-34)38-20-26(21-39-31)19-33-17-24(5)16-25(6)18-33/h22-28H,8-21H2,1-7H3/t24?,25?,27-,28-/m0/s1. The molecular formula is C31H56N4O4. The van der Waals surface area contributed by atoms with Crippen LogP contribution in [0.5, 0.6) is 0 Å². The first-order chi connectivity index (χ1) is 18.5. The highest BCUT2D eigenvalue weighted by molar-refractivity contribution is 5.90. The summed E-state index contributed by atoms with van der Waals surface area (Å²) in [6, 6.07) is -0.527.